The normalized spacial score (nSPS) is 24.3. The molecule has 3 saturated heterocycles. The van der Waals surface area contributed by atoms with Crippen LogP contribution in [0, 0.1) is 17.8 Å². The first-order chi connectivity index (χ1) is 41.5. The average molecular weight is 1160 g/mol. The quantitative estimate of drug-likeness (QED) is 0.106. The molecule has 9 aliphatic heterocycles. The second-order valence-electron chi connectivity index (χ2n) is 24.1. The van der Waals surface area contributed by atoms with Crippen molar-refractivity contribution < 1.29 is 43.2 Å². The van der Waals surface area contributed by atoms with Gasteiger partial charge in [-0.05, 0) is 156 Å². The number of piperidine rings is 2. The molecule has 1 aliphatic carbocycles. The summed E-state index contributed by atoms with van der Waals surface area (Å²) in [6.07, 6.45) is 14.1. The molecule has 0 radical (unpaired) electrons. The SMILES string of the molecule is C=CC1=C(C)C2=NC1=CC1=NC(=CC3=C(C)C4=C(O)C(C(=O)OC)C(=C5NC(=C2)C(C)C5CCC(=O)O[C@]2(CC)C(=O)OCc5c2cc2n(c5=O)Cc5c-2nc2ccc(OC(=O)N6CCC(N7CCCCC7)CC6)cc2c5CC)C4=N3)C(CC)=C1C. The predicted molar refractivity (Wildman–Crippen MR) is 326 cm³/mol. The number of benzene rings is 1. The third kappa shape index (κ3) is 8.94. The Morgan fingerprint density at radius 1 is 0.907 bits per heavy atom. The third-order valence-corrected chi connectivity index (χ3v) is 19.7. The van der Waals surface area contributed by atoms with Crippen LogP contribution in [0.4, 0.5) is 4.79 Å². The van der Waals surface area contributed by atoms with Crippen molar-refractivity contribution in [3.05, 3.63) is 161 Å². The molecule has 1 aromatic carbocycles. The van der Waals surface area contributed by atoms with Crippen molar-refractivity contribution in [2.45, 2.75) is 137 Å². The number of pyridine rings is 2. The fourth-order valence-electron chi connectivity index (χ4n) is 14.9. The molecule has 2 aromatic heterocycles. The van der Waals surface area contributed by atoms with Crippen molar-refractivity contribution in [3.8, 4) is 17.1 Å². The first-order valence-electron chi connectivity index (χ1n) is 30.5. The van der Waals surface area contributed by atoms with Gasteiger partial charge in [0.25, 0.3) is 5.56 Å². The highest BCUT2D eigenvalue weighted by Gasteiger charge is 2.52. The zero-order valence-electron chi connectivity index (χ0n) is 50.2. The predicted octanol–water partition coefficient (Wildman–Crippen LogP) is 10.7. The molecular weight excluding hydrogens is 1090 g/mol. The number of ether oxygens (including phenoxy) is 4. The number of aliphatic hydroxyl groups excluding tert-OH is 1. The minimum atomic E-state index is -1.98. The lowest BCUT2D eigenvalue weighted by atomic mass is 9.84. The fourth-order valence-corrected chi connectivity index (χ4v) is 14.9. The van der Waals surface area contributed by atoms with Crippen molar-refractivity contribution in [1.82, 2.24) is 24.7 Å². The number of aromatic nitrogens is 2. The Bertz CT molecular complexity index is 4030. The van der Waals surface area contributed by atoms with Gasteiger partial charge in [0.05, 0.1) is 70.3 Å². The number of allylic oxidation sites excluding steroid dienone is 11. The molecule has 10 aliphatic rings. The lowest BCUT2D eigenvalue weighted by Gasteiger charge is -2.39. The molecule has 3 fully saturated rings. The average Bonchev–Trinajstić information content (AvgIpc) is 2.19. The standard InChI is InChI=1S/C68H72N8O10/c1-10-40-34(5)49-29-51-36(7)43(61(72-51)58-59(65(80)83-9)63(78)57-37(8)52(73-62(57)58)31-54-41(11-2)35(6)50(70-54)30-53(40)69-49)18-20-56(77)86-68(13-4)47-28-55-60-45(32-76(55)64(79)46(47)33-84-66(68)81)42(12-3)44-27-39(17-19-48(44)71-60)85-67(82)75-25-21-38(22-26-75)74-23-15-14-16-24-74/h10,17,19,27-31,36,38,43,59,72,78H,1,11-16,18,20-26,32-33H2,2-9H3/t36?,43?,59?,68-/m0/s1. The van der Waals surface area contributed by atoms with Gasteiger partial charge < -0.3 is 43.7 Å². The summed E-state index contributed by atoms with van der Waals surface area (Å²) in [5.74, 6) is -4.00. The molecule has 4 atom stereocenters. The molecule has 11 heterocycles. The van der Waals surface area contributed by atoms with Crippen LogP contribution in [0.25, 0.3) is 22.3 Å². The number of methoxy groups -OCH3 is 1. The van der Waals surface area contributed by atoms with Crippen LogP contribution in [0.3, 0.4) is 0 Å². The van der Waals surface area contributed by atoms with Crippen LogP contribution < -0.4 is 15.6 Å². The van der Waals surface area contributed by atoms with Gasteiger partial charge >= 0.3 is 24.0 Å². The number of aliphatic imine (C=N–C) groups is 3. The van der Waals surface area contributed by atoms with Crippen LogP contribution in [0.5, 0.6) is 5.75 Å². The maximum atomic E-state index is 14.8. The Hall–Kier alpha value is -8.51. The topological polar surface area (TPSA) is 216 Å². The van der Waals surface area contributed by atoms with Gasteiger partial charge in [-0.25, -0.2) is 29.6 Å². The van der Waals surface area contributed by atoms with Gasteiger partial charge in [-0.15, -0.1) is 0 Å². The van der Waals surface area contributed by atoms with Crippen LogP contribution in [0.1, 0.15) is 129 Å². The molecule has 8 bridgehead atoms. The summed E-state index contributed by atoms with van der Waals surface area (Å²) in [5.41, 5.74) is 12.2. The molecule has 0 saturated carbocycles. The first-order valence-corrected chi connectivity index (χ1v) is 30.5. The lowest BCUT2D eigenvalue weighted by molar-refractivity contribution is -0.189. The molecule has 18 nitrogen and oxygen atoms in total. The monoisotopic (exact) mass is 1160 g/mol. The number of cyclic esters (lactones) is 1. The number of likely N-dealkylation sites (tertiary alicyclic amines) is 2. The molecule has 444 valence electrons. The number of nitrogens with zero attached hydrogens (tertiary/aromatic N) is 7. The Morgan fingerprint density at radius 2 is 1.66 bits per heavy atom. The summed E-state index contributed by atoms with van der Waals surface area (Å²) >= 11 is 0. The van der Waals surface area contributed by atoms with Crippen LogP contribution in [0.15, 0.2) is 148 Å². The molecule has 13 rings (SSSR count). The van der Waals surface area contributed by atoms with Crippen molar-refractivity contribution in [2.75, 3.05) is 33.3 Å². The van der Waals surface area contributed by atoms with Crippen molar-refractivity contribution >= 4 is 52.0 Å². The van der Waals surface area contributed by atoms with E-state index in [0.29, 0.717) is 94.2 Å². The van der Waals surface area contributed by atoms with Gasteiger partial charge in [0.2, 0.25) is 5.60 Å². The summed E-state index contributed by atoms with van der Waals surface area (Å²) in [7, 11) is 1.28. The van der Waals surface area contributed by atoms with E-state index in [4.69, 9.17) is 38.9 Å². The molecule has 3 unspecified atom stereocenters. The third-order valence-electron chi connectivity index (χ3n) is 19.7. The second kappa shape index (κ2) is 21.8. The zero-order chi connectivity index (χ0) is 60.2. The number of aryl methyl sites for hydroxylation is 1. The molecule has 3 aromatic rings. The summed E-state index contributed by atoms with van der Waals surface area (Å²) in [4.78, 5) is 96.5. The Balaban J connectivity index is 0.814. The molecule has 2 N–H and O–H groups in total. The zero-order valence-corrected chi connectivity index (χ0v) is 50.2. The number of rotatable bonds is 11. The van der Waals surface area contributed by atoms with Crippen LogP contribution in [-0.4, -0.2) is 105 Å². The van der Waals surface area contributed by atoms with E-state index in [9.17, 15) is 29.1 Å². The highest BCUT2D eigenvalue weighted by atomic mass is 16.6. The van der Waals surface area contributed by atoms with Crippen molar-refractivity contribution in [2.24, 2.45) is 32.7 Å². The fraction of sp³-hybridized carbons (Fsp3) is 0.426. The van der Waals surface area contributed by atoms with E-state index in [1.807, 2.05) is 58.1 Å². The number of hydrogen-bond acceptors (Lipinski definition) is 16. The molecule has 1 amide bonds. The molecular formula is C68H72N8O10. The van der Waals surface area contributed by atoms with Gasteiger partial charge in [-0.2, -0.15) is 0 Å². The summed E-state index contributed by atoms with van der Waals surface area (Å²) < 4.78 is 25.3. The van der Waals surface area contributed by atoms with E-state index in [0.717, 1.165) is 87.5 Å². The summed E-state index contributed by atoms with van der Waals surface area (Å²) in [6.45, 7) is 21.4. The Morgan fingerprint density at radius 3 is 2.38 bits per heavy atom. The summed E-state index contributed by atoms with van der Waals surface area (Å²) in [5, 5.41) is 16.6. The van der Waals surface area contributed by atoms with Gasteiger partial charge in [0, 0.05) is 82.0 Å². The number of nitrogens with one attached hydrogen (secondary N) is 1. The summed E-state index contributed by atoms with van der Waals surface area (Å²) in [6, 6.07) is 7.69. The molecule has 18 heteroatoms. The smallest absolute Gasteiger partial charge is 0.415 e. The van der Waals surface area contributed by atoms with E-state index in [2.05, 4.69) is 30.6 Å². The maximum Gasteiger partial charge on any atom is 0.415 e. The van der Waals surface area contributed by atoms with Crippen LogP contribution in [-0.2, 0) is 53.8 Å². The van der Waals surface area contributed by atoms with Gasteiger partial charge in [0.1, 0.15) is 24.0 Å². The highest BCUT2D eigenvalue weighted by Crippen LogP contribution is 2.50. The number of fused-ring (bicyclic) bond motifs is 10. The van der Waals surface area contributed by atoms with Crippen LogP contribution >= 0.6 is 0 Å². The van der Waals surface area contributed by atoms with Crippen LogP contribution in [0.2, 0.25) is 0 Å². The number of aliphatic hydroxyl groups is 1. The number of carbonyl (C=O) groups is 4. The van der Waals surface area contributed by atoms with E-state index in [1.165, 1.54) is 26.4 Å². The first kappa shape index (κ1) is 56.6. The Labute approximate surface area is 499 Å². The number of esters is 3. The minimum Gasteiger partial charge on any atom is -0.510 e. The molecule has 0 spiro atoms. The molecule has 86 heavy (non-hydrogen) atoms. The van der Waals surface area contributed by atoms with E-state index in [-0.39, 0.29) is 66.9 Å². The maximum absolute atomic E-state index is 14.8. The Kier molecular flexibility index (Phi) is 14.3. The van der Waals surface area contributed by atoms with Crippen molar-refractivity contribution in [1.29, 1.82) is 0 Å². The highest BCUT2D eigenvalue weighted by molar-refractivity contribution is 6.24. The largest absolute Gasteiger partial charge is 0.510 e. The number of amides is 1. The van der Waals surface area contributed by atoms with E-state index >= 15 is 0 Å². The number of hydrogen-bond donors (Lipinski definition) is 2. The van der Waals surface area contributed by atoms with Crippen molar-refractivity contribution in [3.63, 3.8) is 0 Å². The lowest BCUT2D eigenvalue weighted by Crippen LogP contribution is -2.48. The van der Waals surface area contributed by atoms with E-state index < -0.39 is 35.3 Å². The van der Waals surface area contributed by atoms with E-state index in [1.54, 1.807) is 34.6 Å². The number of carbonyl (C=O) groups excluding carboxylic acids is 4. The van der Waals surface area contributed by atoms with Gasteiger partial charge in [-0.3, -0.25) is 14.4 Å². The van der Waals surface area contributed by atoms with Gasteiger partial charge in [-0.1, -0.05) is 46.8 Å². The second-order valence-corrected chi connectivity index (χ2v) is 24.1. The van der Waals surface area contributed by atoms with Gasteiger partial charge in [0.15, 0.2) is 0 Å². The minimum absolute atomic E-state index is 0.0356.